The number of esters is 1. The van der Waals surface area contributed by atoms with E-state index in [4.69, 9.17) is 21.1 Å². The summed E-state index contributed by atoms with van der Waals surface area (Å²) in [5.74, 6) is -0.0577. The van der Waals surface area contributed by atoms with Gasteiger partial charge in [-0.2, -0.15) is 5.10 Å². The predicted molar refractivity (Wildman–Crippen MR) is 93.2 cm³/mol. The SMILES string of the molecule is COc1ccc(C(=O)OCc2c(C)nn(-c3ccccc3)c2Cl)cn1. The molecule has 0 aliphatic rings. The molecular weight excluding hydrogens is 342 g/mol. The summed E-state index contributed by atoms with van der Waals surface area (Å²) in [4.78, 5) is 16.1. The van der Waals surface area contributed by atoms with Gasteiger partial charge in [0.1, 0.15) is 11.8 Å². The molecule has 6 nitrogen and oxygen atoms in total. The van der Waals surface area contributed by atoms with Crippen LogP contribution < -0.4 is 4.74 Å². The van der Waals surface area contributed by atoms with Gasteiger partial charge in [-0.3, -0.25) is 0 Å². The van der Waals surface area contributed by atoms with E-state index < -0.39 is 5.97 Å². The molecule has 0 amide bonds. The number of halogens is 1. The van der Waals surface area contributed by atoms with Crippen LogP contribution in [0.2, 0.25) is 5.15 Å². The van der Waals surface area contributed by atoms with E-state index in [1.165, 1.54) is 13.3 Å². The number of hydrogen-bond acceptors (Lipinski definition) is 5. The second-order valence-electron chi connectivity index (χ2n) is 5.27. The third-order valence-electron chi connectivity index (χ3n) is 3.65. The van der Waals surface area contributed by atoms with Gasteiger partial charge in [0, 0.05) is 17.8 Å². The minimum Gasteiger partial charge on any atom is -0.481 e. The Kier molecular flexibility index (Phi) is 5.00. The molecule has 0 N–H and O–H groups in total. The molecule has 7 heteroatoms. The molecule has 2 aromatic heterocycles. The van der Waals surface area contributed by atoms with Crippen molar-refractivity contribution in [1.29, 1.82) is 0 Å². The smallest absolute Gasteiger partial charge is 0.340 e. The molecule has 0 aliphatic carbocycles. The van der Waals surface area contributed by atoms with Crippen LogP contribution in [0.5, 0.6) is 5.88 Å². The van der Waals surface area contributed by atoms with Gasteiger partial charge < -0.3 is 9.47 Å². The summed E-state index contributed by atoms with van der Waals surface area (Å²) in [5, 5.41) is 4.84. The third-order valence-corrected chi connectivity index (χ3v) is 4.04. The lowest BCUT2D eigenvalue weighted by Crippen LogP contribution is -2.06. The van der Waals surface area contributed by atoms with Crippen LogP contribution in [0.15, 0.2) is 48.7 Å². The van der Waals surface area contributed by atoms with Gasteiger partial charge in [-0.05, 0) is 25.1 Å². The van der Waals surface area contributed by atoms with Crippen molar-refractivity contribution in [2.75, 3.05) is 7.11 Å². The Morgan fingerprint density at radius 1 is 1.20 bits per heavy atom. The van der Waals surface area contributed by atoms with Gasteiger partial charge >= 0.3 is 5.97 Å². The van der Waals surface area contributed by atoms with Crippen molar-refractivity contribution < 1.29 is 14.3 Å². The molecule has 0 saturated heterocycles. The van der Waals surface area contributed by atoms with Gasteiger partial charge in [-0.15, -0.1) is 0 Å². The van der Waals surface area contributed by atoms with E-state index in [-0.39, 0.29) is 6.61 Å². The fourth-order valence-corrected chi connectivity index (χ4v) is 2.61. The summed E-state index contributed by atoms with van der Waals surface area (Å²) in [7, 11) is 1.51. The van der Waals surface area contributed by atoms with Crippen LogP contribution >= 0.6 is 11.6 Å². The number of benzene rings is 1. The van der Waals surface area contributed by atoms with Gasteiger partial charge in [-0.1, -0.05) is 29.8 Å². The monoisotopic (exact) mass is 357 g/mol. The van der Waals surface area contributed by atoms with E-state index in [0.717, 1.165) is 5.69 Å². The van der Waals surface area contributed by atoms with Crippen molar-refractivity contribution in [1.82, 2.24) is 14.8 Å². The van der Waals surface area contributed by atoms with Gasteiger partial charge in [0.05, 0.1) is 24.1 Å². The van der Waals surface area contributed by atoms with E-state index in [0.29, 0.717) is 27.9 Å². The third kappa shape index (κ3) is 3.64. The topological polar surface area (TPSA) is 66.2 Å². The molecule has 0 aliphatic heterocycles. The molecule has 0 unspecified atom stereocenters. The van der Waals surface area contributed by atoms with Crippen LogP contribution in [-0.4, -0.2) is 27.8 Å². The lowest BCUT2D eigenvalue weighted by molar-refractivity contribution is 0.0471. The zero-order valence-corrected chi connectivity index (χ0v) is 14.5. The first-order valence-corrected chi connectivity index (χ1v) is 7.94. The number of nitrogens with zero attached hydrogens (tertiary/aromatic N) is 3. The highest BCUT2D eigenvalue weighted by atomic mass is 35.5. The fraction of sp³-hybridized carbons (Fsp3) is 0.167. The second kappa shape index (κ2) is 7.36. The lowest BCUT2D eigenvalue weighted by atomic mass is 10.2. The number of hydrogen-bond donors (Lipinski definition) is 0. The van der Waals surface area contributed by atoms with Crippen molar-refractivity contribution in [3.05, 3.63) is 70.6 Å². The first kappa shape index (κ1) is 17.0. The first-order valence-electron chi connectivity index (χ1n) is 7.56. The molecule has 0 atom stereocenters. The van der Waals surface area contributed by atoms with Gasteiger partial charge in [-0.25, -0.2) is 14.5 Å². The molecule has 0 radical (unpaired) electrons. The van der Waals surface area contributed by atoms with Crippen LogP contribution in [0.25, 0.3) is 5.69 Å². The average molecular weight is 358 g/mol. The van der Waals surface area contributed by atoms with Crippen molar-refractivity contribution >= 4 is 17.6 Å². The normalized spacial score (nSPS) is 10.5. The maximum absolute atomic E-state index is 12.1. The van der Waals surface area contributed by atoms with Crippen LogP contribution in [0, 0.1) is 6.92 Å². The molecule has 25 heavy (non-hydrogen) atoms. The number of rotatable bonds is 5. The van der Waals surface area contributed by atoms with Gasteiger partial charge in [0.2, 0.25) is 5.88 Å². The number of para-hydroxylation sites is 1. The molecule has 3 rings (SSSR count). The molecule has 0 bridgehead atoms. The lowest BCUT2D eigenvalue weighted by Gasteiger charge is -2.06. The quantitative estimate of drug-likeness (QED) is 0.653. The Morgan fingerprint density at radius 2 is 1.96 bits per heavy atom. The zero-order chi connectivity index (χ0) is 17.8. The Bertz CT molecular complexity index is 877. The van der Waals surface area contributed by atoms with Crippen LogP contribution in [-0.2, 0) is 11.3 Å². The molecular formula is C18H16ClN3O3. The maximum atomic E-state index is 12.1. The number of carbonyl (C=O) groups excluding carboxylic acids is 1. The summed E-state index contributed by atoms with van der Waals surface area (Å²) in [6.45, 7) is 1.85. The second-order valence-corrected chi connectivity index (χ2v) is 5.63. The van der Waals surface area contributed by atoms with E-state index in [1.807, 2.05) is 37.3 Å². The van der Waals surface area contributed by atoms with E-state index >= 15 is 0 Å². The highest BCUT2D eigenvalue weighted by molar-refractivity contribution is 6.30. The van der Waals surface area contributed by atoms with Crippen LogP contribution in [0.3, 0.4) is 0 Å². The molecule has 0 fully saturated rings. The van der Waals surface area contributed by atoms with Crippen LogP contribution in [0.1, 0.15) is 21.6 Å². The first-order chi connectivity index (χ1) is 12.1. The Balaban J connectivity index is 1.75. The number of carbonyl (C=O) groups is 1. The van der Waals surface area contributed by atoms with Gasteiger partial charge in [0.25, 0.3) is 0 Å². The van der Waals surface area contributed by atoms with Crippen molar-refractivity contribution in [3.8, 4) is 11.6 Å². The van der Waals surface area contributed by atoms with Crippen molar-refractivity contribution in [2.24, 2.45) is 0 Å². The summed E-state index contributed by atoms with van der Waals surface area (Å²) in [6, 6.07) is 12.7. The summed E-state index contributed by atoms with van der Waals surface area (Å²) in [5.41, 5.74) is 2.55. The molecule has 0 spiro atoms. The highest BCUT2D eigenvalue weighted by Crippen LogP contribution is 2.24. The number of methoxy groups -OCH3 is 1. The predicted octanol–water partition coefficient (Wildman–Crippen LogP) is 3.59. The van der Waals surface area contributed by atoms with Crippen molar-refractivity contribution in [2.45, 2.75) is 13.5 Å². The largest absolute Gasteiger partial charge is 0.481 e. The standard InChI is InChI=1S/C18H16ClN3O3/c1-12-15(17(19)22(21-12)14-6-4-3-5-7-14)11-25-18(23)13-8-9-16(24-2)20-10-13/h3-10H,11H2,1-2H3. The fourth-order valence-electron chi connectivity index (χ4n) is 2.28. The number of ether oxygens (including phenoxy) is 2. The Labute approximate surface area is 150 Å². The number of aryl methyl sites for hydroxylation is 1. The van der Waals surface area contributed by atoms with Crippen molar-refractivity contribution in [3.63, 3.8) is 0 Å². The summed E-state index contributed by atoms with van der Waals surface area (Å²) < 4.78 is 11.9. The molecule has 1 aromatic carbocycles. The molecule has 0 saturated carbocycles. The number of pyridine rings is 1. The summed E-state index contributed by atoms with van der Waals surface area (Å²) in [6.07, 6.45) is 1.41. The maximum Gasteiger partial charge on any atom is 0.340 e. The Morgan fingerprint density at radius 3 is 2.60 bits per heavy atom. The van der Waals surface area contributed by atoms with E-state index in [9.17, 15) is 4.79 Å². The van der Waals surface area contributed by atoms with Crippen LogP contribution in [0.4, 0.5) is 0 Å². The van der Waals surface area contributed by atoms with Gasteiger partial charge in [0.15, 0.2) is 0 Å². The average Bonchev–Trinajstić information content (AvgIpc) is 2.94. The highest BCUT2D eigenvalue weighted by Gasteiger charge is 2.17. The Hall–Kier alpha value is -2.86. The molecule has 128 valence electrons. The minimum absolute atomic E-state index is 0.0301. The summed E-state index contributed by atoms with van der Waals surface area (Å²) >= 11 is 6.41. The zero-order valence-electron chi connectivity index (χ0n) is 13.8. The molecule has 2 heterocycles. The minimum atomic E-state index is -0.488. The molecule has 3 aromatic rings. The number of aromatic nitrogens is 3. The van der Waals surface area contributed by atoms with E-state index in [1.54, 1.807) is 16.8 Å². The van der Waals surface area contributed by atoms with E-state index in [2.05, 4.69) is 10.1 Å².